The summed E-state index contributed by atoms with van der Waals surface area (Å²) >= 11 is 0. The number of morpholine rings is 1. The average Bonchev–Trinajstić information content (AvgIpc) is 2.62. The van der Waals surface area contributed by atoms with Crippen molar-refractivity contribution in [2.75, 3.05) is 49.2 Å². The number of ether oxygens (including phenoxy) is 1. The maximum atomic E-state index is 6.10. The SMILES string of the molecule is NC1CCN(c2c(N3CCOCC3)ccc3cccnc23)CC1. The summed E-state index contributed by atoms with van der Waals surface area (Å²) in [6.07, 6.45) is 3.99. The quantitative estimate of drug-likeness (QED) is 0.919. The molecule has 122 valence electrons. The second kappa shape index (κ2) is 6.34. The Hall–Kier alpha value is -1.85. The molecule has 4 rings (SSSR count). The van der Waals surface area contributed by atoms with Crippen molar-refractivity contribution in [2.24, 2.45) is 5.73 Å². The molecule has 0 aliphatic carbocycles. The third kappa shape index (κ3) is 2.86. The van der Waals surface area contributed by atoms with Gasteiger partial charge in [-0.1, -0.05) is 12.1 Å². The Kier molecular flexibility index (Phi) is 4.06. The smallest absolute Gasteiger partial charge is 0.0956 e. The third-order valence-electron chi connectivity index (χ3n) is 4.93. The highest BCUT2D eigenvalue weighted by molar-refractivity contribution is 5.98. The number of nitrogens with zero attached hydrogens (tertiary/aromatic N) is 3. The molecule has 1 aromatic carbocycles. The Bertz CT molecular complexity index is 676. The molecule has 0 bridgehead atoms. The van der Waals surface area contributed by atoms with Gasteiger partial charge in [-0.25, -0.2) is 0 Å². The molecule has 2 aromatic rings. The minimum absolute atomic E-state index is 0.334. The Labute approximate surface area is 137 Å². The summed E-state index contributed by atoms with van der Waals surface area (Å²) < 4.78 is 5.52. The van der Waals surface area contributed by atoms with Crippen molar-refractivity contribution >= 4 is 22.3 Å². The molecule has 0 unspecified atom stereocenters. The predicted octanol–water partition coefficient (Wildman–Crippen LogP) is 2.00. The summed E-state index contributed by atoms with van der Waals surface area (Å²) in [6, 6.07) is 8.92. The lowest BCUT2D eigenvalue weighted by Gasteiger charge is -2.37. The van der Waals surface area contributed by atoms with E-state index in [0.29, 0.717) is 6.04 Å². The van der Waals surface area contributed by atoms with Crippen LogP contribution in [0.2, 0.25) is 0 Å². The molecular formula is C18H24N4O. The zero-order valence-electron chi connectivity index (χ0n) is 13.4. The fourth-order valence-electron chi connectivity index (χ4n) is 3.61. The molecule has 23 heavy (non-hydrogen) atoms. The lowest BCUT2D eigenvalue weighted by atomic mass is 10.0. The molecule has 0 atom stereocenters. The highest BCUT2D eigenvalue weighted by Gasteiger charge is 2.24. The number of nitrogens with two attached hydrogens (primary N) is 1. The van der Waals surface area contributed by atoms with E-state index in [1.165, 1.54) is 16.8 Å². The molecule has 5 heteroatoms. The van der Waals surface area contributed by atoms with Gasteiger partial charge in [-0.15, -0.1) is 0 Å². The fraction of sp³-hybridized carbons (Fsp3) is 0.500. The van der Waals surface area contributed by atoms with Crippen LogP contribution in [0.4, 0.5) is 11.4 Å². The van der Waals surface area contributed by atoms with Gasteiger partial charge in [-0.2, -0.15) is 0 Å². The van der Waals surface area contributed by atoms with Crippen molar-refractivity contribution < 1.29 is 4.74 Å². The molecule has 2 saturated heterocycles. The fourth-order valence-corrected chi connectivity index (χ4v) is 3.61. The molecule has 3 heterocycles. The van der Waals surface area contributed by atoms with E-state index in [1.807, 2.05) is 12.3 Å². The van der Waals surface area contributed by atoms with Gasteiger partial charge < -0.3 is 20.3 Å². The van der Waals surface area contributed by atoms with E-state index in [9.17, 15) is 0 Å². The van der Waals surface area contributed by atoms with Crippen LogP contribution in [0.15, 0.2) is 30.5 Å². The van der Waals surface area contributed by atoms with Gasteiger partial charge in [0.1, 0.15) is 0 Å². The van der Waals surface area contributed by atoms with E-state index in [0.717, 1.165) is 57.8 Å². The van der Waals surface area contributed by atoms with Crippen molar-refractivity contribution in [1.29, 1.82) is 0 Å². The number of fused-ring (bicyclic) bond motifs is 1. The molecule has 0 amide bonds. The van der Waals surface area contributed by atoms with Crippen LogP contribution in [-0.4, -0.2) is 50.4 Å². The Morgan fingerprint density at radius 1 is 1.00 bits per heavy atom. The van der Waals surface area contributed by atoms with Gasteiger partial charge >= 0.3 is 0 Å². The Balaban J connectivity index is 1.79. The molecule has 2 aliphatic rings. The molecule has 2 aliphatic heterocycles. The maximum Gasteiger partial charge on any atom is 0.0956 e. The lowest BCUT2D eigenvalue weighted by molar-refractivity contribution is 0.122. The van der Waals surface area contributed by atoms with Crippen LogP contribution in [0.5, 0.6) is 0 Å². The largest absolute Gasteiger partial charge is 0.378 e. The Morgan fingerprint density at radius 2 is 1.78 bits per heavy atom. The van der Waals surface area contributed by atoms with Crippen LogP contribution in [0.1, 0.15) is 12.8 Å². The first-order chi connectivity index (χ1) is 11.3. The number of hydrogen-bond donors (Lipinski definition) is 1. The summed E-state index contributed by atoms with van der Waals surface area (Å²) in [5.41, 5.74) is 9.76. The van der Waals surface area contributed by atoms with Crippen molar-refractivity contribution in [3.63, 3.8) is 0 Å². The standard InChI is InChI=1S/C18H24N4O/c19-15-5-8-22(9-6-15)18-16(21-10-12-23-13-11-21)4-3-14-2-1-7-20-17(14)18/h1-4,7,15H,5-6,8-13,19H2. The van der Waals surface area contributed by atoms with Gasteiger partial charge in [0.15, 0.2) is 0 Å². The molecule has 0 spiro atoms. The molecule has 5 nitrogen and oxygen atoms in total. The first kappa shape index (κ1) is 14.7. The predicted molar refractivity (Wildman–Crippen MR) is 94.2 cm³/mol. The van der Waals surface area contributed by atoms with Crippen LogP contribution in [0.3, 0.4) is 0 Å². The highest BCUT2D eigenvalue weighted by atomic mass is 16.5. The van der Waals surface area contributed by atoms with E-state index in [1.54, 1.807) is 0 Å². The second-order valence-electron chi connectivity index (χ2n) is 6.43. The number of rotatable bonds is 2. The zero-order chi connectivity index (χ0) is 15.6. The minimum atomic E-state index is 0.334. The minimum Gasteiger partial charge on any atom is -0.378 e. The van der Waals surface area contributed by atoms with Gasteiger partial charge in [-0.3, -0.25) is 4.98 Å². The number of piperidine rings is 1. The summed E-state index contributed by atoms with van der Waals surface area (Å²) in [5, 5.41) is 1.20. The van der Waals surface area contributed by atoms with Crippen molar-refractivity contribution in [2.45, 2.75) is 18.9 Å². The number of hydrogen-bond acceptors (Lipinski definition) is 5. The van der Waals surface area contributed by atoms with E-state index in [-0.39, 0.29) is 0 Å². The van der Waals surface area contributed by atoms with Crippen molar-refractivity contribution in [1.82, 2.24) is 4.98 Å². The van der Waals surface area contributed by atoms with E-state index in [2.05, 4.69) is 28.0 Å². The number of pyridine rings is 1. The molecule has 0 radical (unpaired) electrons. The zero-order valence-corrected chi connectivity index (χ0v) is 13.4. The van der Waals surface area contributed by atoms with Crippen LogP contribution < -0.4 is 15.5 Å². The Morgan fingerprint density at radius 3 is 2.57 bits per heavy atom. The third-order valence-corrected chi connectivity index (χ3v) is 4.93. The summed E-state index contributed by atoms with van der Waals surface area (Å²) in [6.45, 7) is 5.49. The summed E-state index contributed by atoms with van der Waals surface area (Å²) in [4.78, 5) is 9.61. The van der Waals surface area contributed by atoms with E-state index >= 15 is 0 Å². The van der Waals surface area contributed by atoms with E-state index in [4.69, 9.17) is 15.5 Å². The second-order valence-corrected chi connectivity index (χ2v) is 6.43. The van der Waals surface area contributed by atoms with Crippen LogP contribution in [0, 0.1) is 0 Å². The first-order valence-electron chi connectivity index (χ1n) is 8.54. The van der Waals surface area contributed by atoms with Crippen LogP contribution in [0.25, 0.3) is 10.9 Å². The topological polar surface area (TPSA) is 54.6 Å². The van der Waals surface area contributed by atoms with E-state index < -0.39 is 0 Å². The van der Waals surface area contributed by atoms with Crippen molar-refractivity contribution in [3.05, 3.63) is 30.5 Å². The average molecular weight is 312 g/mol. The molecule has 2 fully saturated rings. The van der Waals surface area contributed by atoms with Gasteiger partial charge in [-0.05, 0) is 25.0 Å². The monoisotopic (exact) mass is 312 g/mol. The number of aromatic nitrogens is 1. The van der Waals surface area contributed by atoms with Crippen molar-refractivity contribution in [3.8, 4) is 0 Å². The van der Waals surface area contributed by atoms with Crippen LogP contribution >= 0.6 is 0 Å². The molecule has 1 aromatic heterocycles. The van der Waals surface area contributed by atoms with Gasteiger partial charge in [0.25, 0.3) is 0 Å². The van der Waals surface area contributed by atoms with Gasteiger partial charge in [0.05, 0.1) is 30.1 Å². The summed E-state index contributed by atoms with van der Waals surface area (Å²) in [5.74, 6) is 0. The lowest BCUT2D eigenvalue weighted by Crippen LogP contribution is -2.42. The highest BCUT2D eigenvalue weighted by Crippen LogP contribution is 2.37. The number of anilines is 2. The number of benzene rings is 1. The van der Waals surface area contributed by atoms with Gasteiger partial charge in [0, 0.05) is 43.8 Å². The summed E-state index contributed by atoms with van der Waals surface area (Å²) in [7, 11) is 0. The van der Waals surface area contributed by atoms with Crippen LogP contribution in [-0.2, 0) is 4.74 Å². The normalized spacial score (nSPS) is 20.2. The molecule has 0 saturated carbocycles. The van der Waals surface area contributed by atoms with Gasteiger partial charge in [0.2, 0.25) is 0 Å². The molecule has 2 N–H and O–H groups in total. The maximum absolute atomic E-state index is 6.10. The molecular weight excluding hydrogens is 288 g/mol. The first-order valence-corrected chi connectivity index (χ1v) is 8.54.